The lowest BCUT2D eigenvalue weighted by molar-refractivity contribution is -0.145. The van der Waals surface area contributed by atoms with E-state index in [9.17, 15) is 18.8 Å². The summed E-state index contributed by atoms with van der Waals surface area (Å²) in [4.78, 5) is 37.5. The van der Waals surface area contributed by atoms with Crippen LogP contribution in [0.1, 0.15) is 25.0 Å². The molecule has 1 heterocycles. The minimum absolute atomic E-state index is 0.00524. The number of benzene rings is 2. The number of nitrogens with zero attached hydrogens (tertiary/aromatic N) is 1. The summed E-state index contributed by atoms with van der Waals surface area (Å²) in [6.07, 6.45) is 1.53. The number of rotatable bonds is 9. The third-order valence-corrected chi connectivity index (χ3v) is 6.05. The Labute approximate surface area is 203 Å². The fourth-order valence-electron chi connectivity index (χ4n) is 2.93. The van der Waals surface area contributed by atoms with Gasteiger partial charge in [-0.05, 0) is 55.4 Å². The van der Waals surface area contributed by atoms with Crippen molar-refractivity contribution in [2.75, 3.05) is 19.8 Å². The maximum Gasteiger partial charge on any atom is 0.326 e. The molecule has 10 heteroatoms. The number of amides is 2. The Hall–Kier alpha value is -2.85. The highest BCUT2D eigenvalue weighted by atomic mass is 79.9. The van der Waals surface area contributed by atoms with E-state index in [0.717, 1.165) is 16.7 Å². The SMILES string of the molecule is CCOC(=O)CN1C(=O)S/C(=C/c2cc(OCC)c(OCc3ccccc3F)cc2Br)C1=O. The minimum atomic E-state index is -0.655. The number of hydrogen-bond acceptors (Lipinski definition) is 7. The van der Waals surface area contributed by atoms with Crippen LogP contribution in [0.25, 0.3) is 6.08 Å². The van der Waals surface area contributed by atoms with Gasteiger partial charge in [0.1, 0.15) is 19.0 Å². The summed E-state index contributed by atoms with van der Waals surface area (Å²) < 4.78 is 30.8. The fourth-order valence-corrected chi connectivity index (χ4v) is 4.19. The number of esters is 1. The summed E-state index contributed by atoms with van der Waals surface area (Å²) in [5, 5.41) is -0.551. The van der Waals surface area contributed by atoms with Crippen LogP contribution in [0, 0.1) is 5.82 Å². The molecule has 0 aliphatic carbocycles. The first kappa shape index (κ1) is 24.8. The Bertz CT molecular complexity index is 1110. The van der Waals surface area contributed by atoms with Gasteiger partial charge in [-0.15, -0.1) is 0 Å². The molecule has 174 valence electrons. The molecular formula is C23H21BrFNO6S. The molecule has 1 fully saturated rings. The van der Waals surface area contributed by atoms with Crippen LogP contribution >= 0.6 is 27.7 Å². The zero-order chi connectivity index (χ0) is 24.0. The van der Waals surface area contributed by atoms with Crippen molar-refractivity contribution in [3.63, 3.8) is 0 Å². The molecule has 7 nitrogen and oxygen atoms in total. The Morgan fingerprint density at radius 2 is 1.85 bits per heavy atom. The highest BCUT2D eigenvalue weighted by Gasteiger charge is 2.36. The van der Waals surface area contributed by atoms with Gasteiger partial charge in [0, 0.05) is 10.0 Å². The zero-order valence-corrected chi connectivity index (χ0v) is 20.3. The summed E-state index contributed by atoms with van der Waals surface area (Å²) in [6.45, 7) is 3.53. The molecule has 1 aliphatic heterocycles. The van der Waals surface area contributed by atoms with Gasteiger partial charge < -0.3 is 14.2 Å². The highest BCUT2D eigenvalue weighted by molar-refractivity contribution is 9.10. The van der Waals surface area contributed by atoms with Crippen LogP contribution in [0.2, 0.25) is 0 Å². The monoisotopic (exact) mass is 537 g/mol. The van der Waals surface area contributed by atoms with E-state index >= 15 is 0 Å². The zero-order valence-electron chi connectivity index (χ0n) is 17.9. The van der Waals surface area contributed by atoms with Crippen LogP contribution in [0.4, 0.5) is 9.18 Å². The van der Waals surface area contributed by atoms with Crippen LogP contribution < -0.4 is 9.47 Å². The third kappa shape index (κ3) is 6.14. The molecule has 3 rings (SSSR count). The predicted octanol–water partition coefficient (Wildman–Crippen LogP) is 5.17. The highest BCUT2D eigenvalue weighted by Crippen LogP contribution is 2.38. The normalized spacial score (nSPS) is 14.7. The minimum Gasteiger partial charge on any atom is -0.490 e. The molecule has 0 N–H and O–H groups in total. The average Bonchev–Trinajstić information content (AvgIpc) is 3.03. The number of hydrogen-bond donors (Lipinski definition) is 0. The molecule has 0 atom stereocenters. The smallest absolute Gasteiger partial charge is 0.326 e. The van der Waals surface area contributed by atoms with Crippen LogP contribution in [0.15, 0.2) is 45.8 Å². The summed E-state index contributed by atoms with van der Waals surface area (Å²) in [5.41, 5.74) is 0.966. The van der Waals surface area contributed by atoms with Crippen molar-refractivity contribution in [2.24, 2.45) is 0 Å². The Balaban J connectivity index is 1.83. The van der Waals surface area contributed by atoms with E-state index in [0.29, 0.717) is 33.7 Å². The van der Waals surface area contributed by atoms with Crippen molar-refractivity contribution >= 4 is 50.9 Å². The maximum absolute atomic E-state index is 13.9. The molecule has 0 saturated carbocycles. The molecule has 0 radical (unpaired) electrons. The summed E-state index contributed by atoms with van der Waals surface area (Å²) in [7, 11) is 0. The van der Waals surface area contributed by atoms with Gasteiger partial charge in [0.15, 0.2) is 11.5 Å². The van der Waals surface area contributed by atoms with Crippen LogP contribution in [-0.2, 0) is 20.9 Å². The standard InChI is InChI=1S/C23H21BrFNO6S/c1-3-30-18-9-15(10-20-22(28)26(23(29)33-20)12-21(27)31-4-2)16(24)11-19(18)32-13-14-7-5-6-8-17(14)25/h5-11H,3-4,12-13H2,1-2H3/b20-10+. The second kappa shape index (κ2) is 11.3. The third-order valence-electron chi connectivity index (χ3n) is 4.46. The number of imide groups is 1. The van der Waals surface area contributed by atoms with Crippen molar-refractivity contribution in [1.82, 2.24) is 4.90 Å². The first-order chi connectivity index (χ1) is 15.8. The van der Waals surface area contributed by atoms with Gasteiger partial charge in [-0.3, -0.25) is 19.3 Å². The number of halogens is 2. The molecule has 2 amide bonds. The van der Waals surface area contributed by atoms with Crippen molar-refractivity contribution < 1.29 is 33.0 Å². The Morgan fingerprint density at radius 1 is 1.12 bits per heavy atom. The van der Waals surface area contributed by atoms with Crippen molar-refractivity contribution in [3.05, 3.63) is 62.7 Å². The maximum atomic E-state index is 13.9. The lowest BCUT2D eigenvalue weighted by atomic mass is 10.1. The lowest BCUT2D eigenvalue weighted by Crippen LogP contribution is -2.34. The largest absolute Gasteiger partial charge is 0.490 e. The molecule has 0 spiro atoms. The molecule has 0 bridgehead atoms. The average molecular weight is 538 g/mol. The van der Waals surface area contributed by atoms with Crippen LogP contribution in [0.3, 0.4) is 0 Å². The molecule has 0 unspecified atom stereocenters. The fraction of sp³-hybridized carbons (Fsp3) is 0.261. The second-order valence-electron chi connectivity index (χ2n) is 6.71. The quantitative estimate of drug-likeness (QED) is 0.322. The number of ether oxygens (including phenoxy) is 3. The molecule has 1 aliphatic rings. The Morgan fingerprint density at radius 3 is 2.55 bits per heavy atom. The van der Waals surface area contributed by atoms with Gasteiger partial charge in [0.25, 0.3) is 11.1 Å². The van der Waals surface area contributed by atoms with E-state index < -0.39 is 23.7 Å². The first-order valence-corrected chi connectivity index (χ1v) is 11.7. The van der Waals surface area contributed by atoms with Crippen molar-refractivity contribution in [2.45, 2.75) is 20.5 Å². The molecule has 2 aromatic rings. The van der Waals surface area contributed by atoms with Gasteiger partial charge in [-0.1, -0.05) is 34.1 Å². The summed E-state index contributed by atoms with van der Waals surface area (Å²) in [6, 6.07) is 9.62. The topological polar surface area (TPSA) is 82.1 Å². The van der Waals surface area contributed by atoms with E-state index in [1.807, 2.05) is 6.92 Å². The van der Waals surface area contributed by atoms with E-state index in [-0.39, 0.29) is 23.9 Å². The van der Waals surface area contributed by atoms with E-state index in [1.165, 1.54) is 12.1 Å². The summed E-state index contributed by atoms with van der Waals surface area (Å²) >= 11 is 4.18. The summed E-state index contributed by atoms with van der Waals surface area (Å²) in [5.74, 6) is -0.821. The molecule has 1 saturated heterocycles. The van der Waals surface area contributed by atoms with Crippen molar-refractivity contribution in [1.29, 1.82) is 0 Å². The van der Waals surface area contributed by atoms with Crippen LogP contribution in [0.5, 0.6) is 11.5 Å². The number of carbonyl (C=O) groups excluding carboxylic acids is 3. The molecular weight excluding hydrogens is 517 g/mol. The van der Waals surface area contributed by atoms with Gasteiger partial charge in [-0.2, -0.15) is 0 Å². The molecule has 2 aromatic carbocycles. The van der Waals surface area contributed by atoms with E-state index in [1.54, 1.807) is 37.3 Å². The molecule has 0 aromatic heterocycles. The predicted molar refractivity (Wildman–Crippen MR) is 125 cm³/mol. The molecule has 33 heavy (non-hydrogen) atoms. The van der Waals surface area contributed by atoms with Crippen molar-refractivity contribution in [3.8, 4) is 11.5 Å². The van der Waals surface area contributed by atoms with Crippen LogP contribution in [-0.4, -0.2) is 41.8 Å². The second-order valence-corrected chi connectivity index (χ2v) is 8.55. The van der Waals surface area contributed by atoms with Gasteiger partial charge in [-0.25, -0.2) is 4.39 Å². The van der Waals surface area contributed by atoms with E-state index in [4.69, 9.17) is 14.2 Å². The number of carbonyl (C=O) groups is 3. The van der Waals surface area contributed by atoms with E-state index in [2.05, 4.69) is 15.9 Å². The van der Waals surface area contributed by atoms with Gasteiger partial charge in [0.05, 0.1) is 18.1 Å². The van der Waals surface area contributed by atoms with Gasteiger partial charge >= 0.3 is 5.97 Å². The Kier molecular flexibility index (Phi) is 8.51. The lowest BCUT2D eigenvalue weighted by Gasteiger charge is -2.14. The number of thioether (sulfide) groups is 1. The van der Waals surface area contributed by atoms with Gasteiger partial charge in [0.2, 0.25) is 0 Å². The first-order valence-electron chi connectivity index (χ1n) is 10.1.